The van der Waals surface area contributed by atoms with Gasteiger partial charge in [0.1, 0.15) is 0 Å². The van der Waals surface area contributed by atoms with Gasteiger partial charge in [-0.2, -0.15) is 0 Å². The van der Waals surface area contributed by atoms with E-state index in [2.05, 4.69) is 40.1 Å². The highest BCUT2D eigenvalue weighted by Gasteiger charge is 2.24. The standard InChI is InChI=1S/C14H20BrClN2/c1-14(2)6-3-4-11(5-7-14)18-12-8-10(15)9-17-13(12)16/h8-9,11,18H,3-7H2,1-2H3. The zero-order valence-electron chi connectivity index (χ0n) is 11.0. The normalized spacial score (nSPS) is 23.4. The van der Waals surface area contributed by atoms with Crippen molar-refractivity contribution in [3.8, 4) is 0 Å². The largest absolute Gasteiger partial charge is 0.380 e. The number of nitrogens with one attached hydrogen (secondary N) is 1. The summed E-state index contributed by atoms with van der Waals surface area (Å²) in [5.74, 6) is 0. The highest BCUT2D eigenvalue weighted by atomic mass is 79.9. The third-order valence-corrected chi connectivity index (χ3v) is 4.48. The Bertz CT molecular complexity index is 420. The van der Waals surface area contributed by atoms with Crippen LogP contribution in [-0.2, 0) is 0 Å². The average molecular weight is 332 g/mol. The van der Waals surface area contributed by atoms with Crippen LogP contribution in [0.15, 0.2) is 16.7 Å². The quantitative estimate of drug-likeness (QED) is 0.590. The van der Waals surface area contributed by atoms with Gasteiger partial charge >= 0.3 is 0 Å². The van der Waals surface area contributed by atoms with Gasteiger partial charge in [0, 0.05) is 16.7 Å². The first-order valence-electron chi connectivity index (χ1n) is 6.54. The fourth-order valence-corrected chi connectivity index (χ4v) is 3.04. The van der Waals surface area contributed by atoms with E-state index in [1.165, 1.54) is 32.1 Å². The minimum Gasteiger partial charge on any atom is -0.380 e. The molecule has 1 saturated carbocycles. The van der Waals surface area contributed by atoms with Crippen molar-refractivity contribution in [1.29, 1.82) is 0 Å². The number of hydrogen-bond acceptors (Lipinski definition) is 2. The van der Waals surface area contributed by atoms with Crippen molar-refractivity contribution in [1.82, 2.24) is 4.98 Å². The van der Waals surface area contributed by atoms with Crippen LogP contribution in [0.3, 0.4) is 0 Å². The van der Waals surface area contributed by atoms with Crippen molar-refractivity contribution in [2.45, 2.75) is 52.0 Å². The first-order valence-corrected chi connectivity index (χ1v) is 7.71. The molecule has 1 fully saturated rings. The first kappa shape index (κ1) is 14.1. The van der Waals surface area contributed by atoms with Crippen molar-refractivity contribution in [2.24, 2.45) is 5.41 Å². The number of rotatable bonds is 2. The van der Waals surface area contributed by atoms with Crippen LogP contribution in [0.2, 0.25) is 5.15 Å². The van der Waals surface area contributed by atoms with Gasteiger partial charge in [0.15, 0.2) is 5.15 Å². The molecule has 0 amide bonds. The maximum Gasteiger partial charge on any atom is 0.152 e. The number of pyridine rings is 1. The Labute approximate surface area is 123 Å². The van der Waals surface area contributed by atoms with Crippen LogP contribution in [0.4, 0.5) is 5.69 Å². The molecule has 1 aromatic heterocycles. The van der Waals surface area contributed by atoms with Crippen LogP contribution in [0.25, 0.3) is 0 Å². The van der Waals surface area contributed by atoms with Crippen molar-refractivity contribution in [3.05, 3.63) is 21.9 Å². The topological polar surface area (TPSA) is 24.9 Å². The fraction of sp³-hybridized carbons (Fsp3) is 0.643. The molecule has 1 heterocycles. The van der Waals surface area contributed by atoms with Crippen molar-refractivity contribution < 1.29 is 0 Å². The van der Waals surface area contributed by atoms with E-state index in [4.69, 9.17) is 11.6 Å². The van der Waals surface area contributed by atoms with Gasteiger partial charge in [-0.1, -0.05) is 31.9 Å². The molecule has 0 spiro atoms. The monoisotopic (exact) mass is 330 g/mol. The number of nitrogens with zero attached hydrogens (tertiary/aromatic N) is 1. The molecule has 1 aromatic rings. The maximum atomic E-state index is 6.12. The predicted molar refractivity (Wildman–Crippen MR) is 81.2 cm³/mol. The second-order valence-electron chi connectivity index (χ2n) is 5.93. The van der Waals surface area contributed by atoms with Gasteiger partial charge in [-0.15, -0.1) is 0 Å². The van der Waals surface area contributed by atoms with Crippen molar-refractivity contribution >= 4 is 33.2 Å². The van der Waals surface area contributed by atoms with Gasteiger partial charge in [-0.3, -0.25) is 0 Å². The fourth-order valence-electron chi connectivity index (χ4n) is 2.55. The summed E-state index contributed by atoms with van der Waals surface area (Å²) in [6, 6.07) is 2.52. The molecule has 100 valence electrons. The van der Waals surface area contributed by atoms with E-state index in [9.17, 15) is 0 Å². The van der Waals surface area contributed by atoms with Gasteiger partial charge in [0.05, 0.1) is 5.69 Å². The summed E-state index contributed by atoms with van der Waals surface area (Å²) in [7, 11) is 0. The van der Waals surface area contributed by atoms with Crippen LogP contribution >= 0.6 is 27.5 Å². The minimum absolute atomic E-state index is 0.482. The zero-order valence-corrected chi connectivity index (χ0v) is 13.3. The van der Waals surface area contributed by atoms with Crippen molar-refractivity contribution in [2.75, 3.05) is 5.32 Å². The van der Waals surface area contributed by atoms with E-state index in [1.54, 1.807) is 6.20 Å². The smallest absolute Gasteiger partial charge is 0.152 e. The van der Waals surface area contributed by atoms with Gasteiger partial charge in [-0.25, -0.2) is 4.98 Å². The summed E-state index contributed by atoms with van der Waals surface area (Å²) in [6.45, 7) is 4.73. The average Bonchev–Trinajstić information content (AvgIpc) is 2.46. The number of anilines is 1. The van der Waals surface area contributed by atoms with Crippen LogP contribution in [0.1, 0.15) is 46.0 Å². The molecule has 2 rings (SSSR count). The maximum absolute atomic E-state index is 6.12. The summed E-state index contributed by atoms with van der Waals surface area (Å²) in [6.07, 6.45) is 8.01. The lowest BCUT2D eigenvalue weighted by atomic mass is 9.85. The predicted octanol–water partition coefficient (Wildman–Crippen LogP) is 5.27. The second-order valence-corrected chi connectivity index (χ2v) is 7.20. The molecule has 1 aliphatic rings. The van der Waals surface area contributed by atoms with Crippen molar-refractivity contribution in [3.63, 3.8) is 0 Å². The van der Waals surface area contributed by atoms with Gasteiger partial charge in [0.2, 0.25) is 0 Å². The van der Waals surface area contributed by atoms with Crippen LogP contribution in [-0.4, -0.2) is 11.0 Å². The van der Waals surface area contributed by atoms with E-state index in [0.29, 0.717) is 16.6 Å². The molecule has 0 bridgehead atoms. The zero-order chi connectivity index (χ0) is 13.2. The summed E-state index contributed by atoms with van der Waals surface area (Å²) in [5, 5.41) is 4.10. The van der Waals surface area contributed by atoms with Crippen LogP contribution in [0, 0.1) is 5.41 Å². The van der Waals surface area contributed by atoms with E-state index in [1.807, 2.05) is 6.07 Å². The SMILES string of the molecule is CC1(C)CCCC(Nc2cc(Br)cnc2Cl)CC1. The van der Waals surface area contributed by atoms with Gasteiger partial charge in [0.25, 0.3) is 0 Å². The molecule has 2 nitrogen and oxygen atoms in total. The minimum atomic E-state index is 0.482. The Hall–Kier alpha value is -0.280. The van der Waals surface area contributed by atoms with E-state index in [-0.39, 0.29) is 0 Å². The number of aromatic nitrogens is 1. The summed E-state index contributed by atoms with van der Waals surface area (Å²) >= 11 is 9.55. The van der Waals surface area contributed by atoms with E-state index in [0.717, 1.165) is 10.2 Å². The third-order valence-electron chi connectivity index (χ3n) is 3.74. The van der Waals surface area contributed by atoms with Gasteiger partial charge < -0.3 is 5.32 Å². The van der Waals surface area contributed by atoms with Gasteiger partial charge in [-0.05, 0) is 53.1 Å². The Morgan fingerprint density at radius 2 is 2.17 bits per heavy atom. The lowest BCUT2D eigenvalue weighted by Gasteiger charge is -2.22. The lowest BCUT2D eigenvalue weighted by Crippen LogP contribution is -2.19. The Morgan fingerprint density at radius 1 is 1.39 bits per heavy atom. The molecule has 0 saturated heterocycles. The molecule has 1 unspecified atom stereocenters. The van der Waals surface area contributed by atoms with E-state index < -0.39 is 0 Å². The summed E-state index contributed by atoms with van der Waals surface area (Å²) in [5.41, 5.74) is 1.42. The second kappa shape index (κ2) is 5.79. The molecular weight excluding hydrogens is 312 g/mol. The number of halogens is 2. The van der Waals surface area contributed by atoms with Crippen LogP contribution < -0.4 is 5.32 Å². The lowest BCUT2D eigenvalue weighted by molar-refractivity contribution is 0.313. The Balaban J connectivity index is 2.03. The first-order chi connectivity index (χ1) is 8.46. The molecule has 1 N–H and O–H groups in total. The number of hydrogen-bond donors (Lipinski definition) is 1. The van der Waals surface area contributed by atoms with E-state index >= 15 is 0 Å². The highest BCUT2D eigenvalue weighted by Crippen LogP contribution is 2.35. The molecular formula is C14H20BrClN2. The molecule has 0 radical (unpaired) electrons. The molecule has 1 atom stereocenters. The highest BCUT2D eigenvalue weighted by molar-refractivity contribution is 9.10. The Kier molecular flexibility index (Phi) is 4.54. The molecule has 0 aromatic carbocycles. The summed E-state index contributed by atoms with van der Waals surface area (Å²) < 4.78 is 0.961. The molecule has 18 heavy (non-hydrogen) atoms. The molecule has 1 aliphatic carbocycles. The Morgan fingerprint density at radius 3 is 2.94 bits per heavy atom. The molecule has 4 heteroatoms. The third kappa shape index (κ3) is 3.86. The summed E-state index contributed by atoms with van der Waals surface area (Å²) in [4.78, 5) is 4.15. The van der Waals surface area contributed by atoms with Crippen LogP contribution in [0.5, 0.6) is 0 Å². The molecule has 0 aliphatic heterocycles.